The van der Waals surface area contributed by atoms with Gasteiger partial charge in [-0.25, -0.2) is 13.6 Å². The fourth-order valence-corrected chi connectivity index (χ4v) is 1.59. The summed E-state index contributed by atoms with van der Waals surface area (Å²) in [6, 6.07) is 3.11. The predicted octanol–water partition coefficient (Wildman–Crippen LogP) is 2.07. The van der Waals surface area contributed by atoms with Gasteiger partial charge in [0.05, 0.1) is 19.2 Å². The average Bonchev–Trinajstić information content (AvgIpc) is 2.30. The Hall–Kier alpha value is -1.85. The quantitative estimate of drug-likeness (QED) is 0.663. The molecule has 0 radical (unpaired) electrons. The van der Waals surface area contributed by atoms with Gasteiger partial charge in [0.1, 0.15) is 0 Å². The highest BCUT2D eigenvalue weighted by molar-refractivity contribution is 5.97. The third-order valence-corrected chi connectivity index (χ3v) is 2.63. The first-order chi connectivity index (χ1) is 8.36. The van der Waals surface area contributed by atoms with Crippen LogP contribution in [0.25, 0.3) is 0 Å². The number of methoxy groups -OCH3 is 1. The largest absolute Gasteiger partial charge is 0.465 e. The number of benzene rings is 1. The van der Waals surface area contributed by atoms with Crippen molar-refractivity contribution in [1.29, 1.82) is 0 Å². The normalized spacial score (nSPS) is 10.6. The van der Waals surface area contributed by atoms with E-state index >= 15 is 0 Å². The molecule has 0 heterocycles. The van der Waals surface area contributed by atoms with Gasteiger partial charge in [-0.1, -0.05) is 0 Å². The second-order valence-electron chi connectivity index (χ2n) is 3.99. The molecule has 6 heteroatoms. The van der Waals surface area contributed by atoms with Crippen LogP contribution in [-0.2, 0) is 4.74 Å². The number of esters is 1. The number of anilines is 2. The summed E-state index contributed by atoms with van der Waals surface area (Å²) in [5.74, 6) is -0.581. The van der Waals surface area contributed by atoms with Crippen molar-refractivity contribution in [3.8, 4) is 0 Å². The SMILES string of the molecule is COC(=O)c1cc(N(C)CC(F)F)cc(C)c1N. The lowest BCUT2D eigenvalue weighted by molar-refractivity contribution is 0.0602. The summed E-state index contributed by atoms with van der Waals surface area (Å²) >= 11 is 0. The number of alkyl halides is 2. The number of nitrogens with two attached hydrogens (primary N) is 1. The minimum absolute atomic E-state index is 0.189. The summed E-state index contributed by atoms with van der Waals surface area (Å²) in [4.78, 5) is 12.9. The van der Waals surface area contributed by atoms with Gasteiger partial charge in [-0.05, 0) is 24.6 Å². The monoisotopic (exact) mass is 258 g/mol. The maximum Gasteiger partial charge on any atom is 0.340 e. The number of nitrogen functional groups attached to an aromatic ring is 1. The third kappa shape index (κ3) is 3.09. The predicted molar refractivity (Wildman–Crippen MR) is 66.2 cm³/mol. The Morgan fingerprint density at radius 3 is 2.61 bits per heavy atom. The highest BCUT2D eigenvalue weighted by Crippen LogP contribution is 2.25. The van der Waals surface area contributed by atoms with E-state index in [4.69, 9.17) is 5.73 Å². The van der Waals surface area contributed by atoms with Crippen LogP contribution < -0.4 is 10.6 Å². The molecular weight excluding hydrogens is 242 g/mol. The smallest absolute Gasteiger partial charge is 0.340 e. The van der Waals surface area contributed by atoms with Crippen LogP contribution in [0.3, 0.4) is 0 Å². The van der Waals surface area contributed by atoms with Crippen molar-refractivity contribution < 1.29 is 18.3 Å². The van der Waals surface area contributed by atoms with Crippen molar-refractivity contribution >= 4 is 17.3 Å². The van der Waals surface area contributed by atoms with Crippen molar-refractivity contribution in [1.82, 2.24) is 0 Å². The van der Waals surface area contributed by atoms with Crippen LogP contribution in [0.5, 0.6) is 0 Å². The summed E-state index contributed by atoms with van der Waals surface area (Å²) in [6.45, 7) is 1.30. The highest BCUT2D eigenvalue weighted by Gasteiger charge is 2.16. The Bertz CT molecular complexity index is 450. The Morgan fingerprint density at radius 2 is 2.11 bits per heavy atom. The van der Waals surface area contributed by atoms with Crippen molar-refractivity contribution in [2.24, 2.45) is 0 Å². The zero-order valence-electron chi connectivity index (χ0n) is 10.5. The van der Waals surface area contributed by atoms with Crippen molar-refractivity contribution in [3.63, 3.8) is 0 Å². The van der Waals surface area contributed by atoms with Gasteiger partial charge in [0.25, 0.3) is 6.43 Å². The van der Waals surface area contributed by atoms with Gasteiger partial charge >= 0.3 is 5.97 Å². The lowest BCUT2D eigenvalue weighted by atomic mass is 10.1. The molecule has 0 amide bonds. The van der Waals surface area contributed by atoms with Crippen LogP contribution in [0, 0.1) is 6.92 Å². The van der Waals surface area contributed by atoms with E-state index in [0.717, 1.165) is 0 Å². The summed E-state index contributed by atoms with van der Waals surface area (Å²) < 4.78 is 29.2. The first-order valence-corrected chi connectivity index (χ1v) is 5.34. The number of hydrogen-bond donors (Lipinski definition) is 1. The Morgan fingerprint density at radius 1 is 1.50 bits per heavy atom. The zero-order chi connectivity index (χ0) is 13.9. The Labute approximate surface area is 104 Å². The molecule has 1 aromatic carbocycles. The van der Waals surface area contributed by atoms with Gasteiger partial charge < -0.3 is 15.4 Å². The van der Waals surface area contributed by atoms with Gasteiger partial charge in [0.2, 0.25) is 0 Å². The molecule has 2 N–H and O–H groups in total. The van der Waals surface area contributed by atoms with Crippen LogP contribution in [0.1, 0.15) is 15.9 Å². The van der Waals surface area contributed by atoms with Crippen LogP contribution in [-0.4, -0.2) is 33.1 Å². The number of ether oxygens (including phenoxy) is 1. The number of aryl methyl sites for hydroxylation is 1. The molecule has 0 saturated heterocycles. The van der Waals surface area contributed by atoms with Crippen molar-refractivity contribution in [2.75, 3.05) is 31.3 Å². The zero-order valence-corrected chi connectivity index (χ0v) is 10.5. The average molecular weight is 258 g/mol. The standard InChI is InChI=1S/C12H16F2N2O2/c1-7-4-8(16(2)6-10(13)14)5-9(11(7)15)12(17)18-3/h4-5,10H,6,15H2,1-3H3. The van der Waals surface area contributed by atoms with E-state index in [1.54, 1.807) is 13.0 Å². The van der Waals surface area contributed by atoms with E-state index in [9.17, 15) is 13.6 Å². The van der Waals surface area contributed by atoms with Crippen LogP contribution in [0.4, 0.5) is 20.2 Å². The number of carbonyl (C=O) groups is 1. The summed E-state index contributed by atoms with van der Waals surface area (Å²) in [7, 11) is 2.77. The molecule has 0 aliphatic heterocycles. The van der Waals surface area contributed by atoms with Crippen molar-refractivity contribution in [3.05, 3.63) is 23.3 Å². The Kier molecular flexibility index (Phi) is 4.47. The molecule has 0 bridgehead atoms. The van der Waals surface area contributed by atoms with Crippen molar-refractivity contribution in [2.45, 2.75) is 13.3 Å². The molecule has 18 heavy (non-hydrogen) atoms. The molecule has 0 atom stereocenters. The number of rotatable bonds is 4. The van der Waals surface area contributed by atoms with Gasteiger partial charge in [-0.2, -0.15) is 0 Å². The van der Waals surface area contributed by atoms with E-state index in [1.807, 2.05) is 0 Å². The van der Waals surface area contributed by atoms with Gasteiger partial charge in [-0.15, -0.1) is 0 Å². The maximum absolute atomic E-state index is 12.3. The molecule has 1 aromatic rings. The molecule has 0 aliphatic rings. The fraction of sp³-hybridized carbons (Fsp3) is 0.417. The maximum atomic E-state index is 12.3. The van der Waals surface area contributed by atoms with Crippen LogP contribution in [0.2, 0.25) is 0 Å². The molecular formula is C12H16F2N2O2. The first kappa shape index (κ1) is 14.2. The van der Waals surface area contributed by atoms with E-state index in [-0.39, 0.29) is 5.56 Å². The molecule has 1 rings (SSSR count). The summed E-state index contributed by atoms with van der Waals surface area (Å²) in [5, 5.41) is 0. The number of halogens is 2. The number of hydrogen-bond acceptors (Lipinski definition) is 4. The van der Waals surface area contributed by atoms with E-state index in [0.29, 0.717) is 16.9 Å². The summed E-state index contributed by atoms with van der Waals surface area (Å²) in [5.41, 5.74) is 7.40. The molecule has 0 spiro atoms. The third-order valence-electron chi connectivity index (χ3n) is 2.63. The van der Waals surface area contributed by atoms with Gasteiger partial charge in [0.15, 0.2) is 0 Å². The van der Waals surface area contributed by atoms with E-state index < -0.39 is 18.9 Å². The molecule has 0 unspecified atom stereocenters. The second kappa shape index (κ2) is 5.66. The topological polar surface area (TPSA) is 55.6 Å². The molecule has 100 valence electrons. The summed E-state index contributed by atoms with van der Waals surface area (Å²) in [6.07, 6.45) is -2.45. The van der Waals surface area contributed by atoms with Crippen LogP contribution >= 0.6 is 0 Å². The molecule has 4 nitrogen and oxygen atoms in total. The lowest BCUT2D eigenvalue weighted by Gasteiger charge is -2.21. The van der Waals surface area contributed by atoms with E-state index in [1.165, 1.54) is 25.1 Å². The minimum Gasteiger partial charge on any atom is -0.465 e. The van der Waals surface area contributed by atoms with Crippen LogP contribution in [0.15, 0.2) is 12.1 Å². The first-order valence-electron chi connectivity index (χ1n) is 5.34. The molecule has 0 fully saturated rings. The number of nitrogens with zero attached hydrogens (tertiary/aromatic N) is 1. The lowest BCUT2D eigenvalue weighted by Crippen LogP contribution is -2.24. The Balaban J connectivity index is 3.15. The molecule has 0 aromatic heterocycles. The van der Waals surface area contributed by atoms with Gasteiger partial charge in [0, 0.05) is 18.4 Å². The number of carbonyl (C=O) groups excluding carboxylic acids is 1. The fourth-order valence-electron chi connectivity index (χ4n) is 1.59. The van der Waals surface area contributed by atoms with Gasteiger partial charge in [-0.3, -0.25) is 0 Å². The highest BCUT2D eigenvalue weighted by atomic mass is 19.3. The second-order valence-corrected chi connectivity index (χ2v) is 3.99. The minimum atomic E-state index is -2.45. The molecule has 0 aliphatic carbocycles. The van der Waals surface area contributed by atoms with E-state index in [2.05, 4.69) is 4.74 Å². The molecule has 0 saturated carbocycles.